The Kier molecular flexibility index (Phi) is 6.50. The smallest absolute Gasteiger partial charge is 0.0162 e. The summed E-state index contributed by atoms with van der Waals surface area (Å²) >= 11 is 0. The molecular weight excluding hydrogens is 300 g/mol. The van der Waals surface area contributed by atoms with Crippen LogP contribution in [-0.2, 0) is 6.42 Å². The predicted molar refractivity (Wildman–Crippen MR) is 110 cm³/mol. The van der Waals surface area contributed by atoms with Crippen LogP contribution in [0.1, 0.15) is 69.4 Å². The molecule has 0 amide bonds. The minimum atomic E-state index is 0.757. The average Bonchev–Trinajstić information content (AvgIpc) is 2.69. The van der Waals surface area contributed by atoms with E-state index >= 15 is 0 Å². The van der Waals surface area contributed by atoms with Crippen molar-refractivity contribution in [1.82, 2.24) is 0 Å². The van der Waals surface area contributed by atoms with Crippen LogP contribution in [0.25, 0.3) is 11.1 Å². The zero-order valence-corrected chi connectivity index (χ0v) is 15.9. The Morgan fingerprint density at radius 1 is 0.800 bits per heavy atom. The Morgan fingerprint density at radius 2 is 1.40 bits per heavy atom. The Balaban J connectivity index is 1.59. The van der Waals surface area contributed by atoms with Gasteiger partial charge in [0.15, 0.2) is 0 Å². The minimum Gasteiger partial charge on any atom is -0.0883 e. The third-order valence-corrected chi connectivity index (χ3v) is 5.71. The van der Waals surface area contributed by atoms with Gasteiger partial charge in [0.2, 0.25) is 0 Å². The predicted octanol–water partition coefficient (Wildman–Crippen LogP) is 7.55. The van der Waals surface area contributed by atoms with Crippen molar-refractivity contribution in [2.75, 3.05) is 0 Å². The maximum atomic E-state index is 2.47. The molecule has 0 saturated heterocycles. The molecular formula is C25H32. The fourth-order valence-corrected chi connectivity index (χ4v) is 3.98. The quantitative estimate of drug-likeness (QED) is 0.479. The largest absolute Gasteiger partial charge is 0.0883 e. The summed E-state index contributed by atoms with van der Waals surface area (Å²) in [5, 5.41) is 0. The summed E-state index contributed by atoms with van der Waals surface area (Å²) in [6.07, 6.45) is 13.9. The summed E-state index contributed by atoms with van der Waals surface area (Å²) in [5.41, 5.74) is 5.60. The van der Waals surface area contributed by atoms with Gasteiger partial charge in [0, 0.05) is 0 Å². The number of hydrogen-bond acceptors (Lipinski definition) is 0. The topological polar surface area (TPSA) is 0 Å². The van der Waals surface area contributed by atoms with E-state index in [4.69, 9.17) is 0 Å². The average molecular weight is 333 g/mol. The first-order chi connectivity index (χ1) is 12.3. The van der Waals surface area contributed by atoms with E-state index < -0.39 is 0 Å². The lowest BCUT2D eigenvalue weighted by molar-refractivity contribution is 0.375. The molecule has 0 N–H and O–H groups in total. The van der Waals surface area contributed by atoms with Crippen LogP contribution in [0.2, 0.25) is 0 Å². The van der Waals surface area contributed by atoms with Crippen LogP contribution in [0.15, 0.2) is 60.7 Å². The van der Waals surface area contributed by atoms with E-state index in [-0.39, 0.29) is 0 Å². The van der Waals surface area contributed by atoms with Gasteiger partial charge in [-0.1, -0.05) is 81.0 Å². The first-order valence-electron chi connectivity index (χ1n) is 10.2. The molecule has 0 atom stereocenters. The zero-order valence-electron chi connectivity index (χ0n) is 15.9. The summed E-state index contributed by atoms with van der Waals surface area (Å²) < 4.78 is 0. The molecule has 0 aromatic heterocycles. The second-order valence-corrected chi connectivity index (χ2v) is 7.50. The molecule has 1 aliphatic rings. The van der Waals surface area contributed by atoms with E-state index in [9.17, 15) is 0 Å². The van der Waals surface area contributed by atoms with Gasteiger partial charge in [-0.2, -0.15) is 0 Å². The molecule has 3 rings (SSSR count). The molecule has 0 bridgehead atoms. The Bertz CT molecular complexity index is 652. The SMILES string of the molecule is CCC/C=C/[C@H]1CC[C@H](c2ccc(-c3ccc(CC)cc3)cc2)CC1. The maximum Gasteiger partial charge on any atom is -0.0162 e. The number of benzene rings is 2. The number of hydrogen-bond donors (Lipinski definition) is 0. The van der Waals surface area contributed by atoms with E-state index in [0.29, 0.717) is 0 Å². The third-order valence-electron chi connectivity index (χ3n) is 5.71. The van der Waals surface area contributed by atoms with Gasteiger partial charge >= 0.3 is 0 Å². The fourth-order valence-electron chi connectivity index (χ4n) is 3.98. The molecule has 25 heavy (non-hydrogen) atoms. The van der Waals surface area contributed by atoms with E-state index in [1.807, 2.05) is 0 Å². The summed E-state index contributed by atoms with van der Waals surface area (Å²) in [6, 6.07) is 18.3. The highest BCUT2D eigenvalue weighted by Gasteiger charge is 2.20. The molecule has 0 heteroatoms. The fraction of sp³-hybridized carbons (Fsp3) is 0.440. The number of allylic oxidation sites excluding steroid dienone is 2. The summed E-state index contributed by atoms with van der Waals surface area (Å²) in [4.78, 5) is 0. The van der Waals surface area contributed by atoms with Crippen LogP contribution >= 0.6 is 0 Å². The highest BCUT2D eigenvalue weighted by molar-refractivity contribution is 5.64. The van der Waals surface area contributed by atoms with Crippen molar-refractivity contribution in [3.05, 3.63) is 71.8 Å². The van der Waals surface area contributed by atoms with Gasteiger partial charge in [0.05, 0.1) is 0 Å². The second kappa shape index (κ2) is 9.04. The van der Waals surface area contributed by atoms with Crippen LogP contribution in [0.3, 0.4) is 0 Å². The first kappa shape index (κ1) is 18.0. The van der Waals surface area contributed by atoms with E-state index in [2.05, 4.69) is 74.5 Å². The van der Waals surface area contributed by atoms with Gasteiger partial charge < -0.3 is 0 Å². The van der Waals surface area contributed by atoms with E-state index in [0.717, 1.165) is 18.3 Å². The molecule has 0 heterocycles. The van der Waals surface area contributed by atoms with Crippen LogP contribution in [-0.4, -0.2) is 0 Å². The van der Waals surface area contributed by atoms with Crippen molar-refractivity contribution in [1.29, 1.82) is 0 Å². The number of aryl methyl sites for hydroxylation is 1. The molecule has 1 fully saturated rings. The van der Waals surface area contributed by atoms with Gasteiger partial charge in [-0.3, -0.25) is 0 Å². The van der Waals surface area contributed by atoms with Crippen molar-refractivity contribution >= 4 is 0 Å². The van der Waals surface area contributed by atoms with Crippen LogP contribution < -0.4 is 0 Å². The van der Waals surface area contributed by atoms with Crippen molar-refractivity contribution in [3.8, 4) is 11.1 Å². The van der Waals surface area contributed by atoms with Crippen molar-refractivity contribution in [2.45, 2.75) is 64.7 Å². The van der Waals surface area contributed by atoms with Gasteiger partial charge in [0.25, 0.3) is 0 Å². The monoisotopic (exact) mass is 332 g/mol. The lowest BCUT2D eigenvalue weighted by Crippen LogP contribution is -2.11. The molecule has 2 aromatic carbocycles. The normalized spacial score (nSPS) is 20.9. The maximum absolute atomic E-state index is 2.47. The molecule has 0 aliphatic heterocycles. The van der Waals surface area contributed by atoms with Gasteiger partial charge in [-0.25, -0.2) is 0 Å². The molecule has 0 nitrogen and oxygen atoms in total. The zero-order chi connectivity index (χ0) is 17.5. The van der Waals surface area contributed by atoms with Crippen LogP contribution in [0.4, 0.5) is 0 Å². The third kappa shape index (κ3) is 4.84. The van der Waals surface area contributed by atoms with Gasteiger partial charge in [-0.15, -0.1) is 0 Å². The van der Waals surface area contributed by atoms with Crippen molar-refractivity contribution < 1.29 is 0 Å². The standard InChI is InChI=1S/C25H32/c1-3-5-6-7-21-10-14-23(15-11-21)25-18-16-24(17-19-25)22-12-8-20(4-2)9-13-22/h6-9,12-13,16-19,21,23H,3-5,10-11,14-15H2,1-2H3/b7-6+/t21-,23-. The Labute approximate surface area is 154 Å². The lowest BCUT2D eigenvalue weighted by Gasteiger charge is -2.27. The summed E-state index contributed by atoms with van der Waals surface area (Å²) in [5.74, 6) is 1.58. The van der Waals surface area contributed by atoms with Crippen LogP contribution in [0, 0.1) is 5.92 Å². The van der Waals surface area contributed by atoms with Gasteiger partial charge in [-0.05, 0) is 72.6 Å². The second-order valence-electron chi connectivity index (χ2n) is 7.50. The molecule has 2 aromatic rings. The number of rotatable bonds is 6. The highest BCUT2D eigenvalue weighted by atomic mass is 14.3. The minimum absolute atomic E-state index is 0.757. The van der Waals surface area contributed by atoms with Crippen LogP contribution in [0.5, 0.6) is 0 Å². The van der Waals surface area contributed by atoms with Gasteiger partial charge in [0.1, 0.15) is 0 Å². The van der Waals surface area contributed by atoms with Crippen molar-refractivity contribution in [3.63, 3.8) is 0 Å². The van der Waals surface area contributed by atoms with E-state index in [1.54, 1.807) is 0 Å². The first-order valence-corrected chi connectivity index (χ1v) is 10.2. The molecule has 132 valence electrons. The molecule has 0 unspecified atom stereocenters. The molecule has 0 radical (unpaired) electrons. The summed E-state index contributed by atoms with van der Waals surface area (Å²) in [7, 11) is 0. The Morgan fingerprint density at radius 3 is 1.96 bits per heavy atom. The Hall–Kier alpha value is -1.82. The molecule has 1 saturated carbocycles. The molecule has 1 aliphatic carbocycles. The molecule has 0 spiro atoms. The van der Waals surface area contributed by atoms with Crippen molar-refractivity contribution in [2.24, 2.45) is 5.92 Å². The highest BCUT2D eigenvalue weighted by Crippen LogP contribution is 2.37. The summed E-state index contributed by atoms with van der Waals surface area (Å²) in [6.45, 7) is 4.46. The lowest BCUT2D eigenvalue weighted by atomic mass is 9.78. The number of unbranched alkanes of at least 4 members (excludes halogenated alkanes) is 1. The van der Waals surface area contributed by atoms with E-state index in [1.165, 1.54) is 60.8 Å².